The molecule has 2 heteroatoms. The van der Waals surface area contributed by atoms with Gasteiger partial charge in [0.1, 0.15) is 12.4 Å². The molecule has 0 fully saturated rings. The Hall–Kier alpha value is -2.22. The average molecular weight is 267 g/mol. The minimum atomic E-state index is 0.641. The van der Waals surface area contributed by atoms with Gasteiger partial charge in [0.15, 0.2) is 0 Å². The molecule has 1 N–H and O–H groups in total. The summed E-state index contributed by atoms with van der Waals surface area (Å²) in [6, 6.07) is 16.4. The summed E-state index contributed by atoms with van der Waals surface area (Å²) in [7, 11) is 0. The summed E-state index contributed by atoms with van der Waals surface area (Å²) in [4.78, 5) is 0. The van der Waals surface area contributed by atoms with Crippen LogP contribution < -0.4 is 10.1 Å². The molecule has 2 aromatic rings. The lowest BCUT2D eigenvalue weighted by atomic mass is 10.1. The summed E-state index contributed by atoms with van der Waals surface area (Å²) >= 11 is 0. The molecule has 2 nitrogen and oxygen atoms in total. The lowest BCUT2D eigenvalue weighted by molar-refractivity contribution is 0.330. The number of para-hydroxylation sites is 2. The number of ether oxygens (including phenoxy) is 1. The van der Waals surface area contributed by atoms with E-state index in [0.29, 0.717) is 6.61 Å². The van der Waals surface area contributed by atoms with Gasteiger partial charge in [-0.3, -0.25) is 0 Å². The van der Waals surface area contributed by atoms with Crippen LogP contribution in [0.2, 0.25) is 0 Å². The zero-order chi connectivity index (χ0) is 14.2. The van der Waals surface area contributed by atoms with E-state index in [2.05, 4.69) is 37.0 Å². The van der Waals surface area contributed by atoms with Gasteiger partial charge in [0.2, 0.25) is 0 Å². The van der Waals surface area contributed by atoms with Crippen LogP contribution in [0.5, 0.6) is 5.75 Å². The van der Waals surface area contributed by atoms with Gasteiger partial charge < -0.3 is 10.1 Å². The Labute approximate surface area is 121 Å². The first-order valence-corrected chi connectivity index (χ1v) is 6.92. The van der Waals surface area contributed by atoms with Gasteiger partial charge in [0.25, 0.3) is 0 Å². The van der Waals surface area contributed by atoms with Crippen molar-refractivity contribution >= 4 is 5.69 Å². The SMILES string of the molecule is C=CCc1ccccc1OCCNc1ccccc1C. The van der Waals surface area contributed by atoms with E-state index in [1.165, 1.54) is 11.1 Å². The van der Waals surface area contributed by atoms with Gasteiger partial charge in [0, 0.05) is 12.2 Å². The highest BCUT2D eigenvalue weighted by atomic mass is 16.5. The number of hydrogen-bond donors (Lipinski definition) is 1. The van der Waals surface area contributed by atoms with Crippen molar-refractivity contribution in [1.82, 2.24) is 0 Å². The molecular weight excluding hydrogens is 246 g/mol. The van der Waals surface area contributed by atoms with Gasteiger partial charge in [-0.2, -0.15) is 0 Å². The van der Waals surface area contributed by atoms with Gasteiger partial charge in [0.05, 0.1) is 0 Å². The number of aryl methyl sites for hydroxylation is 1. The van der Waals surface area contributed by atoms with Crippen molar-refractivity contribution < 1.29 is 4.74 Å². The van der Waals surface area contributed by atoms with E-state index in [-0.39, 0.29) is 0 Å². The molecule has 0 spiro atoms. The fourth-order valence-electron chi connectivity index (χ4n) is 2.09. The minimum absolute atomic E-state index is 0.641. The monoisotopic (exact) mass is 267 g/mol. The zero-order valence-corrected chi connectivity index (χ0v) is 11.9. The quantitative estimate of drug-likeness (QED) is 0.599. The Kier molecular flexibility index (Phi) is 5.24. The molecule has 0 unspecified atom stereocenters. The standard InChI is InChI=1S/C18H21NO/c1-3-8-16-10-5-7-12-18(16)20-14-13-19-17-11-6-4-9-15(17)2/h3-7,9-12,19H,1,8,13-14H2,2H3. The van der Waals surface area contributed by atoms with Crippen LogP contribution in [0, 0.1) is 6.92 Å². The van der Waals surface area contributed by atoms with E-state index in [0.717, 1.165) is 24.4 Å². The third-order valence-electron chi connectivity index (χ3n) is 3.16. The molecule has 104 valence electrons. The van der Waals surface area contributed by atoms with Gasteiger partial charge in [-0.1, -0.05) is 42.5 Å². The molecule has 20 heavy (non-hydrogen) atoms. The molecule has 0 bridgehead atoms. The molecule has 0 aliphatic heterocycles. The first-order chi connectivity index (χ1) is 9.81. The summed E-state index contributed by atoms with van der Waals surface area (Å²) in [5, 5.41) is 3.39. The molecule has 0 aliphatic carbocycles. The minimum Gasteiger partial charge on any atom is -0.491 e. The Morgan fingerprint density at radius 1 is 1.10 bits per heavy atom. The van der Waals surface area contributed by atoms with Crippen molar-refractivity contribution in [2.45, 2.75) is 13.3 Å². The fourth-order valence-corrected chi connectivity index (χ4v) is 2.09. The first-order valence-electron chi connectivity index (χ1n) is 6.92. The van der Waals surface area contributed by atoms with Crippen LogP contribution in [0.1, 0.15) is 11.1 Å². The molecule has 0 aliphatic rings. The number of nitrogens with one attached hydrogen (secondary N) is 1. The maximum atomic E-state index is 5.84. The maximum Gasteiger partial charge on any atom is 0.122 e. The number of rotatable bonds is 7. The summed E-state index contributed by atoms with van der Waals surface area (Å²) in [5.74, 6) is 0.944. The predicted octanol–water partition coefficient (Wildman–Crippen LogP) is 4.21. The molecular formula is C18H21NO. The van der Waals surface area contributed by atoms with Crippen LogP contribution in [0.4, 0.5) is 5.69 Å². The normalized spacial score (nSPS) is 10.1. The highest BCUT2D eigenvalue weighted by Crippen LogP contribution is 2.18. The smallest absolute Gasteiger partial charge is 0.122 e. The Balaban J connectivity index is 1.84. The van der Waals surface area contributed by atoms with Crippen LogP contribution >= 0.6 is 0 Å². The molecule has 0 heterocycles. The van der Waals surface area contributed by atoms with E-state index in [9.17, 15) is 0 Å². The lowest BCUT2D eigenvalue weighted by Crippen LogP contribution is -2.12. The molecule has 0 saturated heterocycles. The van der Waals surface area contributed by atoms with Crippen LogP contribution in [-0.2, 0) is 6.42 Å². The summed E-state index contributed by atoms with van der Waals surface area (Å²) < 4.78 is 5.84. The first kappa shape index (κ1) is 14.2. The van der Waals surface area contributed by atoms with Crippen molar-refractivity contribution in [2.75, 3.05) is 18.5 Å². The van der Waals surface area contributed by atoms with Crippen LogP contribution in [0.25, 0.3) is 0 Å². The lowest BCUT2D eigenvalue weighted by Gasteiger charge is -2.12. The van der Waals surface area contributed by atoms with Crippen molar-refractivity contribution in [3.05, 3.63) is 72.3 Å². The van der Waals surface area contributed by atoms with Crippen molar-refractivity contribution in [1.29, 1.82) is 0 Å². The second kappa shape index (κ2) is 7.39. The summed E-state index contributed by atoms with van der Waals surface area (Å²) in [6.07, 6.45) is 2.73. The highest BCUT2D eigenvalue weighted by molar-refractivity contribution is 5.50. The van der Waals surface area contributed by atoms with Gasteiger partial charge in [-0.15, -0.1) is 6.58 Å². The third kappa shape index (κ3) is 3.89. The topological polar surface area (TPSA) is 21.3 Å². The average Bonchev–Trinajstić information content (AvgIpc) is 2.47. The number of hydrogen-bond acceptors (Lipinski definition) is 2. The van der Waals surface area contributed by atoms with Crippen LogP contribution in [0.3, 0.4) is 0 Å². The van der Waals surface area contributed by atoms with Crippen LogP contribution in [-0.4, -0.2) is 13.2 Å². The Morgan fingerprint density at radius 2 is 1.85 bits per heavy atom. The van der Waals surface area contributed by atoms with E-state index < -0.39 is 0 Å². The second-order valence-electron chi connectivity index (χ2n) is 4.69. The molecule has 0 saturated carbocycles. The number of anilines is 1. The molecule has 0 aromatic heterocycles. The fraction of sp³-hybridized carbons (Fsp3) is 0.222. The Morgan fingerprint density at radius 3 is 2.65 bits per heavy atom. The molecule has 2 rings (SSSR count). The van der Waals surface area contributed by atoms with E-state index in [1.807, 2.05) is 36.4 Å². The highest BCUT2D eigenvalue weighted by Gasteiger charge is 2.01. The number of allylic oxidation sites excluding steroid dienone is 1. The molecule has 0 amide bonds. The maximum absolute atomic E-state index is 5.84. The molecule has 0 atom stereocenters. The molecule has 0 radical (unpaired) electrons. The Bertz CT molecular complexity index is 563. The summed E-state index contributed by atoms with van der Waals surface area (Å²) in [6.45, 7) is 7.30. The zero-order valence-electron chi connectivity index (χ0n) is 11.9. The van der Waals surface area contributed by atoms with Crippen molar-refractivity contribution in [3.8, 4) is 5.75 Å². The van der Waals surface area contributed by atoms with E-state index in [1.54, 1.807) is 0 Å². The largest absolute Gasteiger partial charge is 0.491 e. The van der Waals surface area contributed by atoms with E-state index >= 15 is 0 Å². The van der Waals surface area contributed by atoms with Gasteiger partial charge in [-0.05, 0) is 36.6 Å². The van der Waals surface area contributed by atoms with Crippen molar-refractivity contribution in [3.63, 3.8) is 0 Å². The summed E-state index contributed by atoms with van der Waals surface area (Å²) in [5.41, 5.74) is 3.59. The third-order valence-corrected chi connectivity index (χ3v) is 3.16. The van der Waals surface area contributed by atoms with Crippen LogP contribution in [0.15, 0.2) is 61.2 Å². The number of benzene rings is 2. The van der Waals surface area contributed by atoms with Gasteiger partial charge >= 0.3 is 0 Å². The second-order valence-corrected chi connectivity index (χ2v) is 4.69. The molecule has 2 aromatic carbocycles. The predicted molar refractivity (Wildman–Crippen MR) is 85.5 cm³/mol. The van der Waals surface area contributed by atoms with Crippen molar-refractivity contribution in [2.24, 2.45) is 0 Å². The van der Waals surface area contributed by atoms with E-state index in [4.69, 9.17) is 4.74 Å². The van der Waals surface area contributed by atoms with Gasteiger partial charge in [-0.25, -0.2) is 0 Å².